The molecule has 0 fully saturated rings. The van der Waals surface area contributed by atoms with Crippen molar-refractivity contribution < 1.29 is 0 Å². The minimum absolute atomic E-state index is 0.943. The lowest BCUT2D eigenvalue weighted by Crippen LogP contribution is -2.23. The van der Waals surface area contributed by atoms with Gasteiger partial charge in [0.2, 0.25) is 0 Å². The topological polar surface area (TPSA) is 29.0 Å². The van der Waals surface area contributed by atoms with Crippen LogP contribution in [0.15, 0.2) is 40.4 Å². The third-order valence-corrected chi connectivity index (χ3v) is 4.98. The van der Waals surface area contributed by atoms with Crippen molar-refractivity contribution in [3.05, 3.63) is 40.4 Å². The van der Waals surface area contributed by atoms with Crippen molar-refractivity contribution in [1.29, 1.82) is 0 Å². The summed E-state index contributed by atoms with van der Waals surface area (Å²) in [5, 5.41) is 3.34. The number of hydrogen-bond donors (Lipinski definition) is 0. The number of benzene rings is 1. The second-order valence-corrected chi connectivity index (χ2v) is 6.48. The molecule has 3 aromatic rings. The summed E-state index contributed by atoms with van der Waals surface area (Å²) in [5.41, 5.74) is 2.41. The normalized spacial score (nSPS) is 11.0. The molecule has 3 rings (SSSR count). The number of rotatable bonds is 4. The Bertz CT molecular complexity index is 748. The SMILES string of the molecule is CCN(CC)c1ncnc2scc(-c3ccc(Br)cc3)c12. The molecule has 0 aliphatic heterocycles. The van der Waals surface area contributed by atoms with E-state index in [4.69, 9.17) is 0 Å². The van der Waals surface area contributed by atoms with E-state index in [2.05, 4.69) is 74.3 Å². The number of fused-ring (bicyclic) bond motifs is 1. The summed E-state index contributed by atoms with van der Waals surface area (Å²) in [4.78, 5) is 12.3. The Morgan fingerprint density at radius 1 is 1.10 bits per heavy atom. The second-order valence-electron chi connectivity index (χ2n) is 4.71. The predicted molar refractivity (Wildman–Crippen MR) is 94.1 cm³/mol. The maximum atomic E-state index is 4.54. The van der Waals surface area contributed by atoms with Crippen LogP contribution in [0.1, 0.15) is 13.8 Å². The third kappa shape index (κ3) is 2.68. The van der Waals surface area contributed by atoms with Gasteiger partial charge in [-0.2, -0.15) is 0 Å². The van der Waals surface area contributed by atoms with Gasteiger partial charge in [-0.25, -0.2) is 9.97 Å². The standard InChI is InChI=1S/C16H16BrN3S/c1-3-20(4-2)15-14-13(9-21-16(14)19-10-18-15)11-5-7-12(17)8-6-11/h5-10H,3-4H2,1-2H3. The maximum absolute atomic E-state index is 4.54. The summed E-state index contributed by atoms with van der Waals surface area (Å²) in [5.74, 6) is 1.03. The molecule has 0 aliphatic rings. The van der Waals surface area contributed by atoms with Crippen LogP contribution in [-0.4, -0.2) is 23.1 Å². The zero-order valence-corrected chi connectivity index (χ0v) is 14.4. The molecule has 0 radical (unpaired) electrons. The van der Waals surface area contributed by atoms with Gasteiger partial charge in [0.1, 0.15) is 17.0 Å². The van der Waals surface area contributed by atoms with E-state index in [0.717, 1.165) is 33.6 Å². The molecule has 0 atom stereocenters. The summed E-state index contributed by atoms with van der Waals surface area (Å²) in [6.07, 6.45) is 1.66. The fourth-order valence-corrected chi connectivity index (χ4v) is 3.64. The highest BCUT2D eigenvalue weighted by molar-refractivity contribution is 9.10. The summed E-state index contributed by atoms with van der Waals surface area (Å²) < 4.78 is 1.09. The van der Waals surface area contributed by atoms with Gasteiger partial charge in [0.25, 0.3) is 0 Å². The van der Waals surface area contributed by atoms with Crippen LogP contribution in [0, 0.1) is 0 Å². The first-order chi connectivity index (χ1) is 10.2. The van der Waals surface area contributed by atoms with Crippen molar-refractivity contribution >= 4 is 43.3 Å². The van der Waals surface area contributed by atoms with E-state index in [-0.39, 0.29) is 0 Å². The van der Waals surface area contributed by atoms with Gasteiger partial charge in [0.05, 0.1) is 5.39 Å². The molecule has 0 saturated heterocycles. The van der Waals surface area contributed by atoms with Crippen LogP contribution in [0.2, 0.25) is 0 Å². The lowest BCUT2D eigenvalue weighted by molar-refractivity contribution is 0.849. The number of nitrogens with zero attached hydrogens (tertiary/aromatic N) is 3. The molecular weight excluding hydrogens is 346 g/mol. The van der Waals surface area contributed by atoms with Crippen molar-refractivity contribution in [3.63, 3.8) is 0 Å². The second kappa shape index (κ2) is 6.12. The predicted octanol–water partition coefficient (Wildman–Crippen LogP) is 4.97. The van der Waals surface area contributed by atoms with Gasteiger partial charge in [0, 0.05) is 28.5 Å². The zero-order chi connectivity index (χ0) is 14.8. The Morgan fingerprint density at radius 3 is 2.48 bits per heavy atom. The van der Waals surface area contributed by atoms with Crippen LogP contribution in [0.4, 0.5) is 5.82 Å². The van der Waals surface area contributed by atoms with E-state index >= 15 is 0 Å². The van der Waals surface area contributed by atoms with Crippen molar-refractivity contribution in [1.82, 2.24) is 9.97 Å². The molecule has 0 saturated carbocycles. The first-order valence-corrected chi connectivity index (χ1v) is 8.65. The Morgan fingerprint density at radius 2 is 1.81 bits per heavy atom. The summed E-state index contributed by atoms with van der Waals surface area (Å²) in [6, 6.07) is 8.40. The van der Waals surface area contributed by atoms with Crippen LogP contribution in [-0.2, 0) is 0 Å². The molecule has 3 nitrogen and oxygen atoms in total. The molecule has 0 unspecified atom stereocenters. The van der Waals surface area contributed by atoms with Gasteiger partial charge in [0.15, 0.2) is 0 Å². The minimum Gasteiger partial charge on any atom is -0.357 e. The molecule has 2 heterocycles. The number of hydrogen-bond acceptors (Lipinski definition) is 4. The van der Waals surface area contributed by atoms with E-state index in [1.165, 1.54) is 11.1 Å². The Labute approximate surface area is 136 Å². The molecule has 0 N–H and O–H groups in total. The summed E-state index contributed by atoms with van der Waals surface area (Å²) in [6.45, 7) is 6.20. The quantitative estimate of drug-likeness (QED) is 0.656. The maximum Gasteiger partial charge on any atom is 0.141 e. The lowest BCUT2D eigenvalue weighted by atomic mass is 10.1. The summed E-state index contributed by atoms with van der Waals surface area (Å²) >= 11 is 5.16. The molecule has 0 bridgehead atoms. The van der Waals surface area contributed by atoms with Crippen LogP contribution < -0.4 is 4.90 Å². The van der Waals surface area contributed by atoms with E-state index < -0.39 is 0 Å². The highest BCUT2D eigenvalue weighted by Crippen LogP contribution is 2.38. The fraction of sp³-hybridized carbons (Fsp3) is 0.250. The van der Waals surface area contributed by atoms with Crippen LogP contribution in [0.25, 0.3) is 21.3 Å². The van der Waals surface area contributed by atoms with Gasteiger partial charge < -0.3 is 4.90 Å². The molecule has 21 heavy (non-hydrogen) atoms. The van der Waals surface area contributed by atoms with Gasteiger partial charge in [-0.05, 0) is 31.5 Å². The lowest BCUT2D eigenvalue weighted by Gasteiger charge is -2.20. The number of halogens is 1. The monoisotopic (exact) mass is 361 g/mol. The van der Waals surface area contributed by atoms with E-state index in [9.17, 15) is 0 Å². The fourth-order valence-electron chi connectivity index (χ4n) is 2.46. The molecule has 1 aromatic carbocycles. The van der Waals surface area contributed by atoms with Gasteiger partial charge in [-0.1, -0.05) is 28.1 Å². The molecule has 5 heteroatoms. The Kier molecular flexibility index (Phi) is 4.22. The first kappa shape index (κ1) is 14.5. The van der Waals surface area contributed by atoms with Gasteiger partial charge in [-0.3, -0.25) is 0 Å². The smallest absolute Gasteiger partial charge is 0.141 e. The van der Waals surface area contributed by atoms with Gasteiger partial charge in [-0.15, -0.1) is 11.3 Å². The number of aromatic nitrogens is 2. The van der Waals surface area contributed by atoms with Crippen molar-refractivity contribution in [3.8, 4) is 11.1 Å². The Hall–Kier alpha value is -1.46. The average molecular weight is 362 g/mol. The number of thiophene rings is 1. The molecular formula is C16H16BrN3S. The van der Waals surface area contributed by atoms with Gasteiger partial charge >= 0.3 is 0 Å². The molecule has 0 spiro atoms. The molecule has 2 aromatic heterocycles. The van der Waals surface area contributed by atoms with Crippen LogP contribution in [0.3, 0.4) is 0 Å². The van der Waals surface area contributed by atoms with Crippen molar-refractivity contribution in [2.75, 3.05) is 18.0 Å². The molecule has 0 aliphatic carbocycles. The van der Waals surface area contributed by atoms with Crippen molar-refractivity contribution in [2.24, 2.45) is 0 Å². The van der Waals surface area contributed by atoms with Crippen LogP contribution >= 0.6 is 27.3 Å². The minimum atomic E-state index is 0.943. The third-order valence-electron chi connectivity index (χ3n) is 3.57. The zero-order valence-electron chi connectivity index (χ0n) is 12.0. The highest BCUT2D eigenvalue weighted by Gasteiger charge is 2.16. The highest BCUT2D eigenvalue weighted by atomic mass is 79.9. The first-order valence-electron chi connectivity index (χ1n) is 6.97. The molecule has 108 valence electrons. The largest absolute Gasteiger partial charge is 0.357 e. The molecule has 0 amide bonds. The average Bonchev–Trinajstić information content (AvgIpc) is 2.94. The number of anilines is 1. The van der Waals surface area contributed by atoms with Crippen molar-refractivity contribution in [2.45, 2.75) is 13.8 Å². The Balaban J connectivity index is 2.22. The van der Waals surface area contributed by atoms with E-state index in [0.29, 0.717) is 0 Å². The summed E-state index contributed by atoms with van der Waals surface area (Å²) in [7, 11) is 0. The van der Waals surface area contributed by atoms with E-state index in [1.54, 1.807) is 17.7 Å². The van der Waals surface area contributed by atoms with Crippen LogP contribution in [0.5, 0.6) is 0 Å². The van der Waals surface area contributed by atoms with E-state index in [1.807, 2.05) is 0 Å².